The molecule has 0 unspecified atom stereocenters. The first kappa shape index (κ1) is 13.4. The summed E-state index contributed by atoms with van der Waals surface area (Å²) >= 11 is 5.79. The zero-order valence-electron chi connectivity index (χ0n) is 9.53. The van der Waals surface area contributed by atoms with Gasteiger partial charge in [0.25, 0.3) is 5.69 Å². The number of esters is 1. The maximum Gasteiger partial charge on any atom is 0.338 e. The fourth-order valence-electron chi connectivity index (χ4n) is 1.52. The van der Waals surface area contributed by atoms with E-state index >= 15 is 0 Å². The van der Waals surface area contributed by atoms with Crippen molar-refractivity contribution < 1.29 is 14.5 Å². The molecule has 1 aromatic carbocycles. The highest BCUT2D eigenvalue weighted by atomic mass is 35.5. The molecule has 0 atom stereocenters. The van der Waals surface area contributed by atoms with Crippen molar-refractivity contribution in [3.63, 3.8) is 0 Å². The maximum atomic E-state index is 11.5. The number of rotatable bonds is 4. The highest BCUT2D eigenvalue weighted by Crippen LogP contribution is 2.29. The van der Waals surface area contributed by atoms with Crippen LogP contribution in [-0.2, 0) is 11.2 Å². The van der Waals surface area contributed by atoms with Crippen LogP contribution in [0.25, 0.3) is 0 Å². The van der Waals surface area contributed by atoms with Crippen molar-refractivity contribution in [1.29, 1.82) is 0 Å². The van der Waals surface area contributed by atoms with Gasteiger partial charge in [0, 0.05) is 6.07 Å². The van der Waals surface area contributed by atoms with Gasteiger partial charge in [-0.3, -0.25) is 10.1 Å². The molecular formula is C11H12ClNO4. The number of hydrogen-bond donors (Lipinski definition) is 0. The Balaban J connectivity index is 3.36. The summed E-state index contributed by atoms with van der Waals surface area (Å²) in [5, 5.41) is 10.8. The highest BCUT2D eigenvalue weighted by Gasteiger charge is 2.20. The van der Waals surface area contributed by atoms with Gasteiger partial charge >= 0.3 is 5.97 Å². The first-order chi connectivity index (χ1) is 8.01. The zero-order valence-corrected chi connectivity index (χ0v) is 10.3. The van der Waals surface area contributed by atoms with E-state index < -0.39 is 10.9 Å². The van der Waals surface area contributed by atoms with E-state index in [9.17, 15) is 14.9 Å². The van der Waals surface area contributed by atoms with E-state index in [0.29, 0.717) is 12.0 Å². The summed E-state index contributed by atoms with van der Waals surface area (Å²) in [4.78, 5) is 21.6. The fourth-order valence-corrected chi connectivity index (χ4v) is 1.77. The van der Waals surface area contributed by atoms with Crippen LogP contribution >= 0.6 is 11.6 Å². The third kappa shape index (κ3) is 2.94. The van der Waals surface area contributed by atoms with Crippen molar-refractivity contribution in [2.45, 2.75) is 19.8 Å². The van der Waals surface area contributed by atoms with Crippen molar-refractivity contribution in [2.24, 2.45) is 0 Å². The van der Waals surface area contributed by atoms with Crippen molar-refractivity contribution in [3.05, 3.63) is 38.4 Å². The molecule has 5 nitrogen and oxygen atoms in total. The Morgan fingerprint density at radius 2 is 2.18 bits per heavy atom. The molecule has 0 fully saturated rings. The second-order valence-corrected chi connectivity index (χ2v) is 3.87. The van der Waals surface area contributed by atoms with Gasteiger partial charge in [-0.15, -0.1) is 0 Å². The molecule has 0 N–H and O–H groups in total. The largest absolute Gasteiger partial charge is 0.465 e. The predicted molar refractivity (Wildman–Crippen MR) is 63.4 cm³/mol. The maximum absolute atomic E-state index is 11.5. The van der Waals surface area contributed by atoms with Gasteiger partial charge in [-0.25, -0.2) is 4.79 Å². The molecule has 1 rings (SSSR count). The van der Waals surface area contributed by atoms with Crippen molar-refractivity contribution in [3.8, 4) is 0 Å². The Kier molecular flexibility index (Phi) is 4.45. The lowest BCUT2D eigenvalue weighted by Gasteiger charge is -2.07. The van der Waals surface area contributed by atoms with Gasteiger partial charge in [0.15, 0.2) is 0 Å². The first-order valence-electron chi connectivity index (χ1n) is 5.06. The van der Waals surface area contributed by atoms with Gasteiger partial charge < -0.3 is 4.74 Å². The van der Waals surface area contributed by atoms with Crippen LogP contribution < -0.4 is 0 Å². The fraction of sp³-hybridized carbons (Fsp3) is 0.364. The average molecular weight is 258 g/mol. The minimum Gasteiger partial charge on any atom is -0.465 e. The Morgan fingerprint density at radius 3 is 2.65 bits per heavy atom. The van der Waals surface area contributed by atoms with Crippen LogP contribution in [0.15, 0.2) is 12.1 Å². The molecule has 0 aliphatic heterocycles. The number of ether oxygens (including phenoxy) is 1. The van der Waals surface area contributed by atoms with E-state index in [2.05, 4.69) is 4.74 Å². The molecule has 0 bridgehead atoms. The Morgan fingerprint density at radius 1 is 1.53 bits per heavy atom. The van der Waals surface area contributed by atoms with Gasteiger partial charge in [0.2, 0.25) is 0 Å². The Bertz CT molecular complexity index is 459. The summed E-state index contributed by atoms with van der Waals surface area (Å²) in [6.45, 7) is 1.94. The lowest BCUT2D eigenvalue weighted by Crippen LogP contribution is -2.07. The van der Waals surface area contributed by atoms with Crippen LogP contribution in [0.3, 0.4) is 0 Å². The summed E-state index contributed by atoms with van der Waals surface area (Å²) in [5.74, 6) is -0.590. The molecule has 0 radical (unpaired) electrons. The number of hydrogen-bond acceptors (Lipinski definition) is 4. The molecule has 17 heavy (non-hydrogen) atoms. The van der Waals surface area contributed by atoms with E-state index in [-0.39, 0.29) is 16.3 Å². The number of aryl methyl sites for hydroxylation is 1. The summed E-state index contributed by atoms with van der Waals surface area (Å²) in [5.41, 5.74) is 0.576. The van der Waals surface area contributed by atoms with Crippen LogP contribution in [0.2, 0.25) is 5.02 Å². The van der Waals surface area contributed by atoms with E-state index in [1.807, 2.05) is 6.92 Å². The van der Waals surface area contributed by atoms with Gasteiger partial charge in [-0.1, -0.05) is 24.9 Å². The molecule has 0 aliphatic rings. The third-order valence-electron chi connectivity index (χ3n) is 2.29. The number of carbonyl (C=O) groups is 1. The predicted octanol–water partition coefficient (Wildman–Crippen LogP) is 2.99. The first-order valence-corrected chi connectivity index (χ1v) is 5.44. The molecule has 0 saturated carbocycles. The van der Waals surface area contributed by atoms with Crippen molar-refractivity contribution in [2.75, 3.05) is 7.11 Å². The highest BCUT2D eigenvalue weighted by molar-refractivity contribution is 6.32. The van der Waals surface area contributed by atoms with Gasteiger partial charge in [0.05, 0.1) is 17.6 Å². The van der Waals surface area contributed by atoms with Crippen molar-refractivity contribution in [1.82, 2.24) is 0 Å². The quantitative estimate of drug-likeness (QED) is 0.472. The summed E-state index contributed by atoms with van der Waals surface area (Å²) in [6, 6.07) is 2.62. The topological polar surface area (TPSA) is 69.4 Å². The zero-order chi connectivity index (χ0) is 13.0. The number of nitrogens with zero attached hydrogens (tertiary/aromatic N) is 1. The molecule has 92 valence electrons. The molecule has 6 heteroatoms. The number of benzene rings is 1. The number of nitro groups is 1. The monoisotopic (exact) mass is 257 g/mol. The number of methoxy groups -OCH3 is 1. The van der Waals surface area contributed by atoms with E-state index in [4.69, 9.17) is 11.6 Å². The number of nitro benzene ring substituents is 1. The van der Waals surface area contributed by atoms with Gasteiger partial charge in [-0.2, -0.15) is 0 Å². The summed E-state index contributed by atoms with van der Waals surface area (Å²) < 4.78 is 4.59. The molecule has 0 aromatic heterocycles. The molecule has 0 saturated heterocycles. The van der Waals surface area contributed by atoms with Crippen LogP contribution in [0.5, 0.6) is 0 Å². The smallest absolute Gasteiger partial charge is 0.338 e. The molecule has 0 heterocycles. The molecule has 1 aromatic rings. The molecule has 0 aliphatic carbocycles. The van der Waals surface area contributed by atoms with Crippen molar-refractivity contribution >= 4 is 23.3 Å². The Labute approximate surface area is 103 Å². The minimum absolute atomic E-state index is 0.0334. The standard InChI is InChI=1S/C11H12ClNO4/c1-3-4-7-5-9(12)10(13(15)16)6-8(7)11(14)17-2/h5-6H,3-4H2,1-2H3. The lowest BCUT2D eigenvalue weighted by atomic mass is 10.0. The number of carbonyl (C=O) groups excluding carboxylic acids is 1. The van der Waals surface area contributed by atoms with Gasteiger partial charge in [-0.05, 0) is 18.1 Å². The minimum atomic E-state index is -0.621. The average Bonchev–Trinajstić information content (AvgIpc) is 2.28. The lowest BCUT2D eigenvalue weighted by molar-refractivity contribution is -0.384. The number of halogens is 1. The van der Waals surface area contributed by atoms with Crippen LogP contribution in [0.1, 0.15) is 29.3 Å². The normalized spacial score (nSPS) is 10.1. The van der Waals surface area contributed by atoms with E-state index in [1.165, 1.54) is 19.2 Å². The van der Waals surface area contributed by atoms with Crippen LogP contribution in [0, 0.1) is 10.1 Å². The summed E-state index contributed by atoms with van der Waals surface area (Å²) in [7, 11) is 1.23. The van der Waals surface area contributed by atoms with Crippen LogP contribution in [-0.4, -0.2) is 18.0 Å². The summed E-state index contributed by atoms with van der Waals surface area (Å²) in [6.07, 6.45) is 1.42. The molecule has 0 amide bonds. The SMILES string of the molecule is CCCc1cc(Cl)c([N+](=O)[O-])cc1C(=O)OC. The van der Waals surface area contributed by atoms with Crippen LogP contribution in [0.4, 0.5) is 5.69 Å². The molecular weight excluding hydrogens is 246 g/mol. The van der Waals surface area contributed by atoms with E-state index in [1.54, 1.807) is 0 Å². The second kappa shape index (κ2) is 5.63. The van der Waals surface area contributed by atoms with Gasteiger partial charge in [0.1, 0.15) is 5.02 Å². The van der Waals surface area contributed by atoms with E-state index in [0.717, 1.165) is 6.42 Å². The third-order valence-corrected chi connectivity index (χ3v) is 2.60. The molecule has 0 spiro atoms. The second-order valence-electron chi connectivity index (χ2n) is 3.46. The Hall–Kier alpha value is -1.62.